The molecule has 1 saturated heterocycles. The third kappa shape index (κ3) is 3.82. The molecule has 0 atom stereocenters. The van der Waals surface area contributed by atoms with Crippen molar-refractivity contribution in [3.05, 3.63) is 30.1 Å². The molecule has 1 aliphatic rings. The summed E-state index contributed by atoms with van der Waals surface area (Å²) in [6, 6.07) is 7.91. The molecule has 1 aromatic carbocycles. The van der Waals surface area contributed by atoms with Crippen LogP contribution in [0.2, 0.25) is 0 Å². The molecule has 21 heavy (non-hydrogen) atoms. The molecule has 5 heteroatoms. The van der Waals surface area contributed by atoms with Crippen molar-refractivity contribution in [2.24, 2.45) is 5.92 Å². The van der Waals surface area contributed by atoms with Gasteiger partial charge in [0.25, 0.3) is 0 Å². The molecular weight excluding hydrogens is 266 g/mol. The Morgan fingerprint density at radius 2 is 2.14 bits per heavy atom. The second kappa shape index (κ2) is 6.72. The van der Waals surface area contributed by atoms with Crippen LogP contribution >= 0.6 is 0 Å². The van der Waals surface area contributed by atoms with E-state index < -0.39 is 0 Å². The van der Waals surface area contributed by atoms with Gasteiger partial charge in [-0.2, -0.15) is 0 Å². The molecular formula is C16H21N3O2. The number of aromatic nitrogens is 2. The molecule has 0 bridgehead atoms. The standard InChI is InChI=1S/C16H21N3O2/c20-16(17-11-12-7-9-21-10-8-12)6-5-15-18-13-3-1-2-4-14(13)19-15/h1-4,12H,5-11H2,(H,17,20)(H,18,19). The highest BCUT2D eigenvalue weighted by molar-refractivity contribution is 5.77. The minimum Gasteiger partial charge on any atom is -0.381 e. The van der Waals surface area contributed by atoms with Gasteiger partial charge in [0.2, 0.25) is 5.91 Å². The maximum Gasteiger partial charge on any atom is 0.220 e. The fraction of sp³-hybridized carbons (Fsp3) is 0.500. The summed E-state index contributed by atoms with van der Waals surface area (Å²) in [5, 5.41) is 3.02. The molecule has 1 fully saturated rings. The van der Waals surface area contributed by atoms with Gasteiger partial charge in [-0.25, -0.2) is 4.98 Å². The molecule has 5 nitrogen and oxygen atoms in total. The number of carbonyl (C=O) groups excluding carboxylic acids is 1. The first-order valence-electron chi connectivity index (χ1n) is 7.59. The molecule has 1 aromatic heterocycles. The number of amides is 1. The van der Waals surface area contributed by atoms with Crippen LogP contribution in [-0.2, 0) is 16.0 Å². The van der Waals surface area contributed by atoms with E-state index in [-0.39, 0.29) is 5.91 Å². The topological polar surface area (TPSA) is 67.0 Å². The Morgan fingerprint density at radius 1 is 1.33 bits per heavy atom. The van der Waals surface area contributed by atoms with E-state index in [4.69, 9.17) is 4.74 Å². The van der Waals surface area contributed by atoms with Crippen LogP contribution in [0.5, 0.6) is 0 Å². The number of aromatic amines is 1. The van der Waals surface area contributed by atoms with Crippen LogP contribution in [0.15, 0.2) is 24.3 Å². The number of H-pyrrole nitrogens is 1. The Bertz CT molecular complexity index is 569. The molecule has 0 unspecified atom stereocenters. The summed E-state index contributed by atoms with van der Waals surface area (Å²) in [5.41, 5.74) is 1.98. The number of hydrogen-bond acceptors (Lipinski definition) is 3. The van der Waals surface area contributed by atoms with Gasteiger partial charge in [0.05, 0.1) is 11.0 Å². The van der Waals surface area contributed by atoms with E-state index in [1.165, 1.54) is 0 Å². The molecule has 112 valence electrons. The minimum atomic E-state index is 0.0990. The van der Waals surface area contributed by atoms with Crippen LogP contribution < -0.4 is 5.32 Å². The first kappa shape index (κ1) is 14.1. The maximum absolute atomic E-state index is 11.9. The first-order chi connectivity index (χ1) is 10.3. The number of hydrogen-bond donors (Lipinski definition) is 2. The maximum atomic E-state index is 11.9. The van der Waals surface area contributed by atoms with Crippen molar-refractivity contribution in [1.29, 1.82) is 0 Å². The summed E-state index contributed by atoms with van der Waals surface area (Å²) >= 11 is 0. The summed E-state index contributed by atoms with van der Waals surface area (Å²) < 4.78 is 5.32. The summed E-state index contributed by atoms with van der Waals surface area (Å²) in [4.78, 5) is 19.6. The van der Waals surface area contributed by atoms with Crippen molar-refractivity contribution in [3.63, 3.8) is 0 Å². The molecule has 1 amide bonds. The lowest BCUT2D eigenvalue weighted by atomic mass is 10.0. The van der Waals surface area contributed by atoms with Crippen LogP contribution in [0.1, 0.15) is 25.1 Å². The normalized spacial score (nSPS) is 16.2. The van der Waals surface area contributed by atoms with Gasteiger partial charge < -0.3 is 15.0 Å². The number of benzene rings is 1. The van der Waals surface area contributed by atoms with E-state index in [1.54, 1.807) is 0 Å². The number of fused-ring (bicyclic) bond motifs is 1. The number of imidazole rings is 1. The van der Waals surface area contributed by atoms with E-state index in [0.717, 1.165) is 49.5 Å². The van der Waals surface area contributed by atoms with Gasteiger partial charge in [-0.1, -0.05) is 12.1 Å². The molecule has 1 aliphatic heterocycles. The SMILES string of the molecule is O=C(CCc1nc2ccccc2[nH]1)NCC1CCOCC1. The molecule has 2 N–H and O–H groups in total. The predicted octanol–water partition coefficient (Wildman–Crippen LogP) is 2.04. The highest BCUT2D eigenvalue weighted by Crippen LogP contribution is 2.14. The van der Waals surface area contributed by atoms with Crippen LogP contribution in [0.25, 0.3) is 11.0 Å². The zero-order valence-corrected chi connectivity index (χ0v) is 12.1. The fourth-order valence-electron chi connectivity index (χ4n) is 2.65. The number of nitrogens with one attached hydrogen (secondary N) is 2. The Hall–Kier alpha value is -1.88. The first-order valence-corrected chi connectivity index (χ1v) is 7.59. The zero-order chi connectivity index (χ0) is 14.5. The molecule has 3 rings (SSSR count). The van der Waals surface area contributed by atoms with Gasteiger partial charge in [-0.3, -0.25) is 4.79 Å². The van der Waals surface area contributed by atoms with Gasteiger partial charge in [0.15, 0.2) is 0 Å². The second-order valence-corrected chi connectivity index (χ2v) is 5.56. The smallest absolute Gasteiger partial charge is 0.220 e. The van der Waals surface area contributed by atoms with Crippen LogP contribution in [0.3, 0.4) is 0 Å². The number of nitrogens with zero attached hydrogens (tertiary/aromatic N) is 1. The van der Waals surface area contributed by atoms with Crippen molar-refractivity contribution in [2.75, 3.05) is 19.8 Å². The fourth-order valence-corrected chi connectivity index (χ4v) is 2.65. The molecule has 2 heterocycles. The van der Waals surface area contributed by atoms with Crippen LogP contribution in [-0.4, -0.2) is 35.6 Å². The van der Waals surface area contributed by atoms with Gasteiger partial charge in [-0.05, 0) is 30.9 Å². The number of rotatable bonds is 5. The zero-order valence-electron chi connectivity index (χ0n) is 12.1. The predicted molar refractivity (Wildman–Crippen MR) is 81.0 cm³/mol. The largest absolute Gasteiger partial charge is 0.381 e. The molecule has 0 aliphatic carbocycles. The van der Waals surface area contributed by atoms with Crippen molar-refractivity contribution in [1.82, 2.24) is 15.3 Å². The number of para-hydroxylation sites is 2. The van der Waals surface area contributed by atoms with Crippen molar-refractivity contribution < 1.29 is 9.53 Å². The third-order valence-electron chi connectivity index (χ3n) is 3.96. The molecule has 2 aromatic rings. The average Bonchev–Trinajstić information content (AvgIpc) is 2.95. The summed E-state index contributed by atoms with van der Waals surface area (Å²) in [6.45, 7) is 2.40. The Kier molecular flexibility index (Phi) is 4.50. The lowest BCUT2D eigenvalue weighted by molar-refractivity contribution is -0.121. The van der Waals surface area contributed by atoms with E-state index in [2.05, 4.69) is 15.3 Å². The van der Waals surface area contributed by atoms with Crippen LogP contribution in [0.4, 0.5) is 0 Å². The average molecular weight is 287 g/mol. The highest BCUT2D eigenvalue weighted by atomic mass is 16.5. The second-order valence-electron chi connectivity index (χ2n) is 5.56. The molecule has 0 radical (unpaired) electrons. The summed E-state index contributed by atoms with van der Waals surface area (Å²) in [5.74, 6) is 1.54. The van der Waals surface area contributed by atoms with Gasteiger partial charge >= 0.3 is 0 Å². The van der Waals surface area contributed by atoms with Crippen molar-refractivity contribution in [2.45, 2.75) is 25.7 Å². The monoisotopic (exact) mass is 287 g/mol. The van der Waals surface area contributed by atoms with Crippen molar-refractivity contribution in [3.8, 4) is 0 Å². The Balaban J connectivity index is 1.44. The van der Waals surface area contributed by atoms with Gasteiger partial charge in [-0.15, -0.1) is 0 Å². The van der Waals surface area contributed by atoms with Crippen LogP contribution in [0, 0.1) is 5.92 Å². The molecule has 0 saturated carbocycles. The quantitative estimate of drug-likeness (QED) is 0.884. The number of aryl methyl sites for hydroxylation is 1. The summed E-state index contributed by atoms with van der Waals surface area (Å²) in [6.07, 6.45) is 3.21. The highest BCUT2D eigenvalue weighted by Gasteiger charge is 2.14. The molecule has 0 spiro atoms. The Morgan fingerprint density at radius 3 is 2.95 bits per heavy atom. The van der Waals surface area contributed by atoms with Gasteiger partial charge in [0.1, 0.15) is 5.82 Å². The minimum absolute atomic E-state index is 0.0990. The third-order valence-corrected chi connectivity index (χ3v) is 3.96. The van der Waals surface area contributed by atoms with E-state index in [0.29, 0.717) is 18.8 Å². The lowest BCUT2D eigenvalue weighted by Gasteiger charge is -2.22. The summed E-state index contributed by atoms with van der Waals surface area (Å²) in [7, 11) is 0. The van der Waals surface area contributed by atoms with E-state index in [9.17, 15) is 4.79 Å². The van der Waals surface area contributed by atoms with E-state index >= 15 is 0 Å². The Labute approximate surface area is 124 Å². The van der Waals surface area contributed by atoms with Crippen molar-refractivity contribution >= 4 is 16.9 Å². The number of carbonyl (C=O) groups is 1. The number of ether oxygens (including phenoxy) is 1. The van der Waals surface area contributed by atoms with E-state index in [1.807, 2.05) is 24.3 Å². The lowest BCUT2D eigenvalue weighted by Crippen LogP contribution is -2.32. The van der Waals surface area contributed by atoms with Gasteiger partial charge in [0, 0.05) is 32.6 Å².